The molecule has 0 N–H and O–H groups in total. The minimum Gasteiger partial charge on any atom is -0.361 e. The van der Waals surface area contributed by atoms with Crippen molar-refractivity contribution in [3.63, 3.8) is 0 Å². The van der Waals surface area contributed by atoms with Crippen LogP contribution in [0.3, 0.4) is 0 Å². The van der Waals surface area contributed by atoms with Gasteiger partial charge in [0.2, 0.25) is 10.0 Å². The fourth-order valence-electron chi connectivity index (χ4n) is 1.93. The zero-order chi connectivity index (χ0) is 16.4. The molecule has 0 unspecified atom stereocenters. The van der Waals surface area contributed by atoms with E-state index >= 15 is 0 Å². The van der Waals surface area contributed by atoms with Crippen LogP contribution in [-0.2, 0) is 16.4 Å². The van der Waals surface area contributed by atoms with E-state index in [0.29, 0.717) is 23.6 Å². The van der Waals surface area contributed by atoms with E-state index in [9.17, 15) is 8.42 Å². The molecular formula is C14H14N4O4S. The summed E-state index contributed by atoms with van der Waals surface area (Å²) in [5.41, 5.74) is 0.532. The van der Waals surface area contributed by atoms with Crippen LogP contribution in [0.2, 0.25) is 0 Å². The van der Waals surface area contributed by atoms with Crippen molar-refractivity contribution >= 4 is 10.0 Å². The molecule has 0 aliphatic heterocycles. The number of sulfonamides is 1. The van der Waals surface area contributed by atoms with Crippen molar-refractivity contribution in [2.75, 3.05) is 14.1 Å². The van der Waals surface area contributed by atoms with Crippen molar-refractivity contribution in [1.29, 1.82) is 0 Å². The normalized spacial score (nSPS) is 12.0. The van der Waals surface area contributed by atoms with Crippen LogP contribution in [0.4, 0.5) is 0 Å². The molecule has 0 atom stereocenters. The van der Waals surface area contributed by atoms with Crippen LogP contribution in [0.25, 0.3) is 11.5 Å². The molecule has 0 amide bonds. The smallest absolute Gasteiger partial charge is 0.257 e. The van der Waals surface area contributed by atoms with Crippen LogP contribution < -0.4 is 0 Å². The number of hydrogen-bond donors (Lipinski definition) is 0. The van der Waals surface area contributed by atoms with Crippen molar-refractivity contribution in [2.24, 2.45) is 0 Å². The first-order chi connectivity index (χ1) is 11.0. The van der Waals surface area contributed by atoms with Gasteiger partial charge in [-0.3, -0.25) is 0 Å². The van der Waals surface area contributed by atoms with E-state index in [2.05, 4.69) is 15.3 Å². The Morgan fingerprint density at radius 3 is 2.70 bits per heavy atom. The third kappa shape index (κ3) is 3.15. The summed E-state index contributed by atoms with van der Waals surface area (Å²) in [6.07, 6.45) is 1.88. The largest absolute Gasteiger partial charge is 0.361 e. The van der Waals surface area contributed by atoms with E-state index in [-0.39, 0.29) is 10.8 Å². The van der Waals surface area contributed by atoms with E-state index in [1.165, 1.54) is 32.4 Å². The Bertz CT molecular complexity index is 901. The average Bonchev–Trinajstić information content (AvgIpc) is 3.19. The Hall–Kier alpha value is -2.52. The zero-order valence-corrected chi connectivity index (χ0v) is 13.3. The molecule has 3 aromatic rings. The molecule has 0 fully saturated rings. The van der Waals surface area contributed by atoms with Gasteiger partial charge in [-0.1, -0.05) is 16.4 Å². The second kappa shape index (κ2) is 5.94. The number of rotatable bonds is 5. The molecule has 2 heterocycles. The highest BCUT2D eigenvalue weighted by Crippen LogP contribution is 2.22. The van der Waals surface area contributed by atoms with Gasteiger partial charge in [0.25, 0.3) is 5.89 Å². The molecule has 23 heavy (non-hydrogen) atoms. The van der Waals surface area contributed by atoms with Crippen LogP contribution in [0.1, 0.15) is 11.6 Å². The quantitative estimate of drug-likeness (QED) is 0.697. The van der Waals surface area contributed by atoms with E-state index in [0.717, 1.165) is 4.31 Å². The monoisotopic (exact) mass is 334 g/mol. The van der Waals surface area contributed by atoms with E-state index < -0.39 is 10.0 Å². The number of hydrogen-bond acceptors (Lipinski definition) is 7. The standard InChI is InChI=1S/C14H14N4O4S/c1-18(2)23(19,20)12-5-3-4-10(8-12)14-16-13(17-22-14)9-11-6-7-15-21-11/h3-8H,9H2,1-2H3. The fraction of sp³-hybridized carbons (Fsp3) is 0.214. The Balaban J connectivity index is 1.89. The summed E-state index contributed by atoms with van der Waals surface area (Å²) in [5, 5.41) is 7.47. The van der Waals surface area contributed by atoms with Gasteiger partial charge in [-0.25, -0.2) is 12.7 Å². The lowest BCUT2D eigenvalue weighted by Gasteiger charge is -2.11. The van der Waals surface area contributed by atoms with Crippen molar-refractivity contribution in [2.45, 2.75) is 11.3 Å². The van der Waals surface area contributed by atoms with Gasteiger partial charge in [-0.2, -0.15) is 4.98 Å². The number of benzene rings is 1. The van der Waals surface area contributed by atoms with Gasteiger partial charge in [-0.15, -0.1) is 0 Å². The van der Waals surface area contributed by atoms with Gasteiger partial charge >= 0.3 is 0 Å². The van der Waals surface area contributed by atoms with Crippen molar-refractivity contribution in [1.82, 2.24) is 19.6 Å². The highest BCUT2D eigenvalue weighted by Gasteiger charge is 2.19. The maximum atomic E-state index is 12.2. The van der Waals surface area contributed by atoms with Gasteiger partial charge in [0.05, 0.1) is 17.5 Å². The molecule has 3 rings (SSSR count). The number of nitrogens with zero attached hydrogens (tertiary/aromatic N) is 4. The third-order valence-electron chi connectivity index (χ3n) is 3.15. The Morgan fingerprint density at radius 1 is 1.17 bits per heavy atom. The molecule has 120 valence electrons. The second-order valence-corrected chi connectivity index (χ2v) is 7.14. The molecule has 0 saturated heterocycles. The van der Waals surface area contributed by atoms with Crippen LogP contribution in [-0.4, -0.2) is 42.1 Å². The molecule has 0 saturated carbocycles. The van der Waals surface area contributed by atoms with E-state index in [1.807, 2.05) is 0 Å². The van der Waals surface area contributed by atoms with Crippen LogP contribution in [0, 0.1) is 0 Å². The van der Waals surface area contributed by atoms with Crippen LogP contribution >= 0.6 is 0 Å². The first-order valence-corrected chi connectivity index (χ1v) is 8.16. The molecule has 9 heteroatoms. The molecule has 0 spiro atoms. The minimum absolute atomic E-state index is 0.162. The lowest BCUT2D eigenvalue weighted by Crippen LogP contribution is -2.22. The van der Waals surface area contributed by atoms with Gasteiger partial charge in [0.15, 0.2) is 5.82 Å². The van der Waals surface area contributed by atoms with Gasteiger partial charge in [0.1, 0.15) is 5.76 Å². The molecule has 8 nitrogen and oxygen atoms in total. The minimum atomic E-state index is -3.52. The van der Waals surface area contributed by atoms with Gasteiger partial charge in [0, 0.05) is 25.7 Å². The van der Waals surface area contributed by atoms with Gasteiger partial charge < -0.3 is 9.05 Å². The Kier molecular flexibility index (Phi) is 3.97. The summed E-state index contributed by atoms with van der Waals surface area (Å²) in [7, 11) is -0.569. The highest BCUT2D eigenvalue weighted by molar-refractivity contribution is 7.89. The summed E-state index contributed by atoms with van der Waals surface area (Å²) in [6.45, 7) is 0. The first kappa shape index (κ1) is 15.4. The van der Waals surface area contributed by atoms with Crippen LogP contribution in [0.15, 0.2) is 50.5 Å². The summed E-state index contributed by atoms with van der Waals surface area (Å²) in [6, 6.07) is 8.07. The van der Waals surface area contributed by atoms with Crippen LogP contribution in [0.5, 0.6) is 0 Å². The lowest BCUT2D eigenvalue weighted by atomic mass is 10.2. The van der Waals surface area contributed by atoms with E-state index in [4.69, 9.17) is 9.05 Å². The molecule has 0 aliphatic carbocycles. The van der Waals surface area contributed by atoms with Gasteiger partial charge in [-0.05, 0) is 18.2 Å². The summed E-state index contributed by atoms with van der Waals surface area (Å²) >= 11 is 0. The predicted octanol–water partition coefficient (Wildman–Crippen LogP) is 1.57. The topological polar surface area (TPSA) is 102 Å². The third-order valence-corrected chi connectivity index (χ3v) is 4.96. The number of aromatic nitrogens is 3. The molecule has 1 aromatic carbocycles. The molecular weight excluding hydrogens is 320 g/mol. The lowest BCUT2D eigenvalue weighted by molar-refractivity contribution is 0.382. The fourth-order valence-corrected chi connectivity index (χ4v) is 2.88. The van der Waals surface area contributed by atoms with Crippen molar-refractivity contribution in [3.8, 4) is 11.5 Å². The maximum absolute atomic E-state index is 12.2. The zero-order valence-electron chi connectivity index (χ0n) is 12.5. The summed E-state index contributed by atoms with van der Waals surface area (Å²) in [5.74, 6) is 1.29. The molecule has 2 aromatic heterocycles. The summed E-state index contributed by atoms with van der Waals surface area (Å²) in [4.78, 5) is 4.41. The van der Waals surface area contributed by atoms with E-state index in [1.54, 1.807) is 18.2 Å². The summed E-state index contributed by atoms with van der Waals surface area (Å²) < 4.78 is 35.7. The first-order valence-electron chi connectivity index (χ1n) is 6.72. The SMILES string of the molecule is CN(C)S(=O)(=O)c1cccc(-c2nc(Cc3ccno3)no2)c1. The average molecular weight is 334 g/mol. The van der Waals surface area contributed by atoms with Crippen molar-refractivity contribution < 1.29 is 17.5 Å². The molecule has 0 aliphatic rings. The van der Waals surface area contributed by atoms with Crippen molar-refractivity contribution in [3.05, 3.63) is 48.1 Å². The maximum Gasteiger partial charge on any atom is 0.257 e. The predicted molar refractivity (Wildman–Crippen MR) is 79.9 cm³/mol. The Morgan fingerprint density at radius 2 is 2.00 bits per heavy atom. The second-order valence-electron chi connectivity index (χ2n) is 4.99. The Labute approximate surface area is 132 Å². The molecule has 0 bridgehead atoms. The molecule has 0 radical (unpaired) electrons. The highest BCUT2D eigenvalue weighted by atomic mass is 32.2.